The van der Waals surface area contributed by atoms with Crippen LogP contribution in [0.25, 0.3) is 0 Å². The topological polar surface area (TPSA) is 41.7 Å². The Bertz CT molecular complexity index is 367. The summed E-state index contributed by atoms with van der Waals surface area (Å²) in [6.45, 7) is 7.20. The van der Waals surface area contributed by atoms with Gasteiger partial charge in [-0.1, -0.05) is 18.2 Å². The highest BCUT2D eigenvalue weighted by Gasteiger charge is 2.17. The Morgan fingerprint density at radius 1 is 1.11 bits per heavy atom. The number of benzene rings is 1. The third kappa shape index (κ3) is 4.66. The van der Waals surface area contributed by atoms with Gasteiger partial charge in [0.25, 0.3) is 0 Å². The van der Waals surface area contributed by atoms with Crippen molar-refractivity contribution in [2.45, 2.75) is 6.54 Å². The molecule has 1 heterocycles. The molecule has 4 nitrogen and oxygen atoms in total. The van der Waals surface area contributed by atoms with Gasteiger partial charge in [-0.05, 0) is 6.07 Å². The molecule has 0 amide bonds. The van der Waals surface area contributed by atoms with Gasteiger partial charge in [0.15, 0.2) is 0 Å². The summed E-state index contributed by atoms with van der Waals surface area (Å²) < 4.78 is 5.39. The number of halogens is 1. The maximum absolute atomic E-state index is 5.58. The monoisotopic (exact) mass is 285 g/mol. The Morgan fingerprint density at radius 2 is 1.74 bits per heavy atom. The van der Waals surface area contributed by atoms with E-state index >= 15 is 0 Å². The smallest absolute Gasteiger partial charge is 0.123 e. The van der Waals surface area contributed by atoms with E-state index in [0.717, 1.165) is 51.6 Å². The van der Waals surface area contributed by atoms with E-state index in [1.54, 1.807) is 7.11 Å². The quantitative estimate of drug-likeness (QED) is 0.883. The molecule has 5 heteroatoms. The summed E-state index contributed by atoms with van der Waals surface area (Å²) in [5, 5.41) is 0. The summed E-state index contributed by atoms with van der Waals surface area (Å²) in [6, 6.07) is 8.26. The second kappa shape index (κ2) is 8.38. The second-order valence-electron chi connectivity index (χ2n) is 4.72. The zero-order valence-corrected chi connectivity index (χ0v) is 12.4. The summed E-state index contributed by atoms with van der Waals surface area (Å²) in [7, 11) is 1.73. The first-order valence-electron chi connectivity index (χ1n) is 6.60. The molecule has 19 heavy (non-hydrogen) atoms. The van der Waals surface area contributed by atoms with Crippen molar-refractivity contribution in [1.82, 2.24) is 9.80 Å². The van der Waals surface area contributed by atoms with Gasteiger partial charge in [0.05, 0.1) is 7.11 Å². The highest BCUT2D eigenvalue weighted by molar-refractivity contribution is 5.85. The lowest BCUT2D eigenvalue weighted by Gasteiger charge is -2.34. The van der Waals surface area contributed by atoms with Crippen LogP contribution >= 0.6 is 12.4 Å². The molecule has 0 spiro atoms. The number of nitrogens with two attached hydrogens (primary N) is 1. The molecule has 0 aliphatic carbocycles. The second-order valence-corrected chi connectivity index (χ2v) is 4.72. The number of hydrogen-bond donors (Lipinski definition) is 1. The van der Waals surface area contributed by atoms with Gasteiger partial charge in [-0.2, -0.15) is 0 Å². The van der Waals surface area contributed by atoms with Gasteiger partial charge < -0.3 is 10.5 Å². The first-order valence-corrected chi connectivity index (χ1v) is 6.60. The van der Waals surface area contributed by atoms with E-state index in [-0.39, 0.29) is 12.4 Å². The fourth-order valence-electron chi connectivity index (χ4n) is 2.43. The van der Waals surface area contributed by atoms with Gasteiger partial charge in [0.2, 0.25) is 0 Å². The number of piperazine rings is 1. The molecule has 1 aliphatic rings. The van der Waals surface area contributed by atoms with Crippen LogP contribution in [0.15, 0.2) is 24.3 Å². The van der Waals surface area contributed by atoms with Crippen LogP contribution in [0.1, 0.15) is 5.56 Å². The van der Waals surface area contributed by atoms with E-state index < -0.39 is 0 Å². The number of rotatable bonds is 5. The summed E-state index contributed by atoms with van der Waals surface area (Å²) in [6.07, 6.45) is 0. The van der Waals surface area contributed by atoms with Crippen molar-refractivity contribution in [3.8, 4) is 5.75 Å². The Morgan fingerprint density at radius 3 is 2.37 bits per heavy atom. The number of nitrogens with zero attached hydrogens (tertiary/aromatic N) is 2. The third-order valence-corrected chi connectivity index (χ3v) is 3.50. The lowest BCUT2D eigenvalue weighted by atomic mass is 10.1. The molecular formula is C14H24ClN3O. The van der Waals surface area contributed by atoms with Crippen LogP contribution in [0.2, 0.25) is 0 Å². The van der Waals surface area contributed by atoms with E-state index in [2.05, 4.69) is 21.9 Å². The van der Waals surface area contributed by atoms with Gasteiger partial charge in [0, 0.05) is 51.4 Å². The van der Waals surface area contributed by atoms with Crippen molar-refractivity contribution >= 4 is 12.4 Å². The third-order valence-electron chi connectivity index (χ3n) is 3.50. The van der Waals surface area contributed by atoms with Crippen LogP contribution in [-0.4, -0.2) is 56.2 Å². The minimum absolute atomic E-state index is 0. The Kier molecular flexibility index (Phi) is 7.16. The number of para-hydroxylation sites is 1. The maximum atomic E-state index is 5.58. The summed E-state index contributed by atoms with van der Waals surface area (Å²) >= 11 is 0. The molecule has 0 atom stereocenters. The molecule has 2 rings (SSSR count). The van der Waals surface area contributed by atoms with Crippen LogP contribution in [0.5, 0.6) is 5.75 Å². The predicted octanol–water partition coefficient (Wildman–Crippen LogP) is 1.19. The average molecular weight is 286 g/mol. The first-order chi connectivity index (χ1) is 8.83. The molecule has 0 unspecified atom stereocenters. The largest absolute Gasteiger partial charge is 0.496 e. The summed E-state index contributed by atoms with van der Waals surface area (Å²) in [5.41, 5.74) is 6.85. The number of hydrogen-bond acceptors (Lipinski definition) is 4. The number of methoxy groups -OCH3 is 1. The molecule has 2 N–H and O–H groups in total. The van der Waals surface area contributed by atoms with Crippen molar-refractivity contribution in [2.75, 3.05) is 46.4 Å². The van der Waals surface area contributed by atoms with Gasteiger partial charge in [0.1, 0.15) is 5.75 Å². The fourth-order valence-corrected chi connectivity index (χ4v) is 2.43. The lowest BCUT2D eigenvalue weighted by molar-refractivity contribution is 0.129. The van der Waals surface area contributed by atoms with E-state index in [1.165, 1.54) is 5.56 Å². The van der Waals surface area contributed by atoms with Crippen molar-refractivity contribution in [3.05, 3.63) is 29.8 Å². The van der Waals surface area contributed by atoms with Gasteiger partial charge in [-0.15, -0.1) is 12.4 Å². The van der Waals surface area contributed by atoms with Crippen LogP contribution in [-0.2, 0) is 6.54 Å². The molecule has 1 aliphatic heterocycles. The van der Waals surface area contributed by atoms with Crippen molar-refractivity contribution < 1.29 is 4.74 Å². The molecule has 0 aromatic heterocycles. The predicted molar refractivity (Wildman–Crippen MR) is 81.0 cm³/mol. The van der Waals surface area contributed by atoms with Gasteiger partial charge >= 0.3 is 0 Å². The Hall–Kier alpha value is -0.810. The molecule has 1 fully saturated rings. The minimum atomic E-state index is 0. The van der Waals surface area contributed by atoms with Crippen LogP contribution in [0.4, 0.5) is 0 Å². The van der Waals surface area contributed by atoms with Gasteiger partial charge in [-0.3, -0.25) is 9.80 Å². The zero-order valence-electron chi connectivity index (χ0n) is 11.5. The van der Waals surface area contributed by atoms with Crippen LogP contribution < -0.4 is 10.5 Å². The van der Waals surface area contributed by atoms with Gasteiger partial charge in [-0.25, -0.2) is 0 Å². The number of ether oxygens (including phenoxy) is 1. The molecule has 1 aromatic carbocycles. The van der Waals surface area contributed by atoms with E-state index in [4.69, 9.17) is 10.5 Å². The maximum Gasteiger partial charge on any atom is 0.123 e. The van der Waals surface area contributed by atoms with E-state index in [1.807, 2.05) is 12.1 Å². The standard InChI is InChI=1S/C14H23N3O.ClH/c1-18-14-5-3-2-4-13(14)12-17-10-8-16(7-6-15)9-11-17;/h2-5H,6-12,15H2,1H3;1H. The average Bonchev–Trinajstić information content (AvgIpc) is 2.42. The molecule has 0 bridgehead atoms. The Labute approximate surface area is 121 Å². The van der Waals surface area contributed by atoms with Crippen LogP contribution in [0.3, 0.4) is 0 Å². The Balaban J connectivity index is 0.00000180. The molecular weight excluding hydrogens is 262 g/mol. The highest BCUT2D eigenvalue weighted by atomic mass is 35.5. The lowest BCUT2D eigenvalue weighted by Crippen LogP contribution is -2.47. The van der Waals surface area contributed by atoms with Crippen LogP contribution in [0, 0.1) is 0 Å². The zero-order chi connectivity index (χ0) is 12.8. The van der Waals surface area contributed by atoms with E-state index in [9.17, 15) is 0 Å². The minimum Gasteiger partial charge on any atom is -0.496 e. The highest BCUT2D eigenvalue weighted by Crippen LogP contribution is 2.19. The van der Waals surface area contributed by atoms with Crippen molar-refractivity contribution in [1.29, 1.82) is 0 Å². The van der Waals surface area contributed by atoms with E-state index in [0.29, 0.717) is 0 Å². The summed E-state index contributed by atoms with van der Waals surface area (Å²) in [4.78, 5) is 4.91. The molecule has 1 saturated heterocycles. The molecule has 0 radical (unpaired) electrons. The SMILES string of the molecule is COc1ccccc1CN1CCN(CCN)CC1.Cl. The first kappa shape index (κ1) is 16.2. The van der Waals surface area contributed by atoms with Crippen molar-refractivity contribution in [3.63, 3.8) is 0 Å². The molecule has 0 saturated carbocycles. The summed E-state index contributed by atoms with van der Waals surface area (Å²) in [5.74, 6) is 0.988. The molecule has 108 valence electrons. The van der Waals surface area contributed by atoms with Crippen molar-refractivity contribution in [2.24, 2.45) is 5.73 Å². The molecule has 1 aromatic rings. The normalized spacial score (nSPS) is 16.9. The fraction of sp³-hybridized carbons (Fsp3) is 0.571.